The summed E-state index contributed by atoms with van der Waals surface area (Å²) in [5.74, 6) is 0.493. The van der Waals surface area contributed by atoms with Crippen LogP contribution in [0.5, 0.6) is 0 Å². The fraction of sp³-hybridized carbons (Fsp3) is 0.500. The van der Waals surface area contributed by atoms with Crippen LogP contribution in [-0.4, -0.2) is 22.7 Å². The molecule has 5 nitrogen and oxygen atoms in total. The van der Waals surface area contributed by atoms with Gasteiger partial charge >= 0.3 is 0 Å². The molecule has 25 heavy (non-hydrogen) atoms. The summed E-state index contributed by atoms with van der Waals surface area (Å²) >= 11 is 0. The third kappa shape index (κ3) is 3.61. The Kier molecular flexibility index (Phi) is 4.95. The van der Waals surface area contributed by atoms with E-state index in [4.69, 9.17) is 4.52 Å². The zero-order valence-corrected chi connectivity index (χ0v) is 15.1. The summed E-state index contributed by atoms with van der Waals surface area (Å²) in [7, 11) is 0. The van der Waals surface area contributed by atoms with Gasteiger partial charge in [0, 0.05) is 11.5 Å². The van der Waals surface area contributed by atoms with Crippen molar-refractivity contribution in [2.75, 3.05) is 6.54 Å². The number of amides is 1. The van der Waals surface area contributed by atoms with Crippen LogP contribution in [-0.2, 0) is 23.2 Å². The minimum absolute atomic E-state index is 0.0588. The molecule has 1 amide bonds. The van der Waals surface area contributed by atoms with E-state index in [0.29, 0.717) is 12.8 Å². The second-order valence-corrected chi connectivity index (χ2v) is 7.17. The van der Waals surface area contributed by atoms with E-state index in [1.807, 2.05) is 39.0 Å². The van der Waals surface area contributed by atoms with Gasteiger partial charge in [0.2, 0.25) is 5.91 Å². The van der Waals surface area contributed by atoms with E-state index in [0.717, 1.165) is 35.4 Å². The van der Waals surface area contributed by atoms with Crippen LogP contribution < -0.4 is 5.32 Å². The smallest absolute Gasteiger partial charge is 0.223 e. The van der Waals surface area contributed by atoms with Crippen molar-refractivity contribution in [2.45, 2.75) is 52.1 Å². The van der Waals surface area contributed by atoms with E-state index in [9.17, 15) is 9.90 Å². The van der Waals surface area contributed by atoms with Gasteiger partial charge in [-0.3, -0.25) is 4.79 Å². The Labute approximate surface area is 148 Å². The summed E-state index contributed by atoms with van der Waals surface area (Å²) in [5, 5.41) is 17.9. The Hall–Kier alpha value is -2.14. The molecule has 0 spiro atoms. The molecule has 1 aliphatic carbocycles. The maximum atomic E-state index is 12.5. The van der Waals surface area contributed by atoms with E-state index in [-0.39, 0.29) is 18.4 Å². The van der Waals surface area contributed by atoms with Gasteiger partial charge in [-0.2, -0.15) is 0 Å². The number of aromatic nitrogens is 1. The van der Waals surface area contributed by atoms with Gasteiger partial charge in [-0.25, -0.2) is 0 Å². The number of hydrogen-bond acceptors (Lipinski definition) is 4. The number of fused-ring (bicyclic) bond motifs is 1. The van der Waals surface area contributed by atoms with Crippen LogP contribution in [0.1, 0.15) is 47.9 Å². The maximum Gasteiger partial charge on any atom is 0.223 e. The highest BCUT2D eigenvalue weighted by molar-refractivity contribution is 5.78. The Morgan fingerprint density at radius 1 is 1.40 bits per heavy atom. The molecule has 1 aromatic carbocycles. The summed E-state index contributed by atoms with van der Waals surface area (Å²) in [6, 6.07) is 7.96. The first kappa shape index (κ1) is 17.7. The van der Waals surface area contributed by atoms with Gasteiger partial charge in [0.05, 0.1) is 12.2 Å². The second kappa shape index (κ2) is 7.00. The van der Waals surface area contributed by atoms with Crippen LogP contribution >= 0.6 is 0 Å². The standard InChI is InChI=1S/C20H26N2O3/c1-13(11-17-14(2)22-25-15(17)3)19(23)21-12-20(24)10-6-8-16-7-4-5-9-18(16)20/h4-5,7,9,13,24H,6,8,10-12H2,1-3H3,(H,21,23). The molecule has 0 radical (unpaired) electrons. The Morgan fingerprint density at radius 2 is 2.16 bits per heavy atom. The van der Waals surface area contributed by atoms with Gasteiger partial charge in [-0.05, 0) is 50.7 Å². The zero-order chi connectivity index (χ0) is 18.0. The van der Waals surface area contributed by atoms with Crippen LogP contribution in [0.15, 0.2) is 28.8 Å². The quantitative estimate of drug-likeness (QED) is 0.876. The van der Waals surface area contributed by atoms with Crippen molar-refractivity contribution >= 4 is 5.91 Å². The van der Waals surface area contributed by atoms with Gasteiger partial charge in [0.15, 0.2) is 0 Å². The van der Waals surface area contributed by atoms with Gasteiger partial charge in [0.25, 0.3) is 0 Å². The Bertz CT molecular complexity index is 749. The lowest BCUT2D eigenvalue weighted by atomic mass is 9.79. The third-order valence-corrected chi connectivity index (χ3v) is 5.25. The molecule has 0 aliphatic heterocycles. The first-order valence-electron chi connectivity index (χ1n) is 8.91. The van der Waals surface area contributed by atoms with Gasteiger partial charge in [0.1, 0.15) is 11.4 Å². The molecule has 3 rings (SSSR count). The van der Waals surface area contributed by atoms with Crippen LogP contribution in [0.25, 0.3) is 0 Å². The summed E-state index contributed by atoms with van der Waals surface area (Å²) in [5.41, 5.74) is 2.96. The lowest BCUT2D eigenvalue weighted by molar-refractivity contribution is -0.126. The second-order valence-electron chi connectivity index (χ2n) is 7.17. The largest absolute Gasteiger partial charge is 0.383 e. The number of carbonyl (C=O) groups excluding carboxylic acids is 1. The SMILES string of the molecule is Cc1noc(C)c1CC(C)C(=O)NCC1(O)CCCc2ccccc21. The zero-order valence-electron chi connectivity index (χ0n) is 15.1. The van der Waals surface area contributed by atoms with E-state index < -0.39 is 5.60 Å². The number of aryl methyl sites for hydroxylation is 3. The first-order chi connectivity index (χ1) is 11.9. The number of aliphatic hydroxyl groups is 1. The van der Waals surface area contributed by atoms with E-state index >= 15 is 0 Å². The Balaban J connectivity index is 1.64. The molecule has 2 atom stereocenters. The molecular formula is C20H26N2O3. The number of hydrogen-bond donors (Lipinski definition) is 2. The van der Waals surface area contributed by atoms with E-state index in [1.54, 1.807) is 0 Å². The van der Waals surface area contributed by atoms with Gasteiger partial charge in [-0.1, -0.05) is 36.3 Å². The number of benzene rings is 1. The first-order valence-corrected chi connectivity index (χ1v) is 8.91. The van der Waals surface area contributed by atoms with Crippen LogP contribution in [0.3, 0.4) is 0 Å². The van der Waals surface area contributed by atoms with Crippen molar-refractivity contribution in [2.24, 2.45) is 5.92 Å². The summed E-state index contributed by atoms with van der Waals surface area (Å²) in [6.07, 6.45) is 3.16. The highest BCUT2D eigenvalue weighted by Crippen LogP contribution is 2.34. The van der Waals surface area contributed by atoms with Gasteiger partial charge < -0.3 is 14.9 Å². The summed E-state index contributed by atoms with van der Waals surface area (Å²) in [6.45, 7) is 5.88. The normalized spacial score (nSPS) is 20.8. The number of nitrogens with one attached hydrogen (secondary N) is 1. The molecule has 0 saturated heterocycles. The molecular weight excluding hydrogens is 316 g/mol. The fourth-order valence-corrected chi connectivity index (χ4v) is 3.68. The molecule has 0 fully saturated rings. The molecule has 0 bridgehead atoms. The monoisotopic (exact) mass is 342 g/mol. The van der Waals surface area contributed by atoms with Crippen LogP contribution in [0, 0.1) is 19.8 Å². The minimum Gasteiger partial charge on any atom is -0.383 e. The van der Waals surface area contributed by atoms with Crippen LogP contribution in [0.2, 0.25) is 0 Å². The third-order valence-electron chi connectivity index (χ3n) is 5.25. The van der Waals surface area contributed by atoms with Crippen molar-refractivity contribution in [1.82, 2.24) is 10.5 Å². The predicted molar refractivity (Wildman–Crippen MR) is 95.1 cm³/mol. The van der Waals surface area contributed by atoms with Crippen molar-refractivity contribution < 1.29 is 14.4 Å². The molecule has 2 N–H and O–H groups in total. The molecule has 1 heterocycles. The molecule has 1 aliphatic rings. The maximum absolute atomic E-state index is 12.5. The van der Waals surface area contributed by atoms with E-state index in [1.165, 1.54) is 5.56 Å². The van der Waals surface area contributed by atoms with Gasteiger partial charge in [-0.15, -0.1) is 0 Å². The highest BCUT2D eigenvalue weighted by Gasteiger charge is 2.34. The number of carbonyl (C=O) groups is 1. The molecule has 1 aromatic heterocycles. The molecule has 2 aromatic rings. The topological polar surface area (TPSA) is 75.4 Å². The number of rotatable bonds is 5. The average Bonchev–Trinajstić information content (AvgIpc) is 2.92. The lowest BCUT2D eigenvalue weighted by Gasteiger charge is -2.35. The van der Waals surface area contributed by atoms with Crippen molar-refractivity contribution in [1.29, 1.82) is 0 Å². The van der Waals surface area contributed by atoms with Crippen molar-refractivity contribution in [3.8, 4) is 0 Å². The summed E-state index contributed by atoms with van der Waals surface area (Å²) < 4.78 is 5.16. The molecule has 5 heteroatoms. The molecule has 2 unspecified atom stereocenters. The summed E-state index contributed by atoms with van der Waals surface area (Å²) in [4.78, 5) is 12.5. The Morgan fingerprint density at radius 3 is 2.88 bits per heavy atom. The number of nitrogens with zero attached hydrogens (tertiary/aromatic N) is 1. The highest BCUT2D eigenvalue weighted by atomic mass is 16.5. The van der Waals surface area contributed by atoms with E-state index in [2.05, 4.69) is 16.5 Å². The lowest BCUT2D eigenvalue weighted by Crippen LogP contribution is -2.44. The minimum atomic E-state index is -0.979. The average molecular weight is 342 g/mol. The molecule has 0 saturated carbocycles. The predicted octanol–water partition coefficient (Wildman–Crippen LogP) is 2.81. The molecule has 134 valence electrons. The van der Waals surface area contributed by atoms with Crippen molar-refractivity contribution in [3.05, 3.63) is 52.4 Å². The van der Waals surface area contributed by atoms with Crippen molar-refractivity contribution in [3.63, 3.8) is 0 Å². The van der Waals surface area contributed by atoms with Crippen LogP contribution in [0.4, 0.5) is 0 Å². The fourth-order valence-electron chi connectivity index (χ4n) is 3.68.